The Hall–Kier alpha value is -1.59. The molecule has 0 radical (unpaired) electrons. The summed E-state index contributed by atoms with van der Waals surface area (Å²) in [5.41, 5.74) is 1.56. The van der Waals surface area contributed by atoms with Gasteiger partial charge >= 0.3 is 0 Å². The zero-order chi connectivity index (χ0) is 14.9. The maximum atomic E-state index is 13.0. The second-order valence-corrected chi connectivity index (χ2v) is 6.54. The van der Waals surface area contributed by atoms with Crippen molar-refractivity contribution in [2.24, 2.45) is 0 Å². The van der Waals surface area contributed by atoms with E-state index in [1.807, 2.05) is 6.92 Å². The van der Waals surface area contributed by atoms with E-state index in [1.165, 1.54) is 18.2 Å². The third-order valence-corrected chi connectivity index (χ3v) is 4.80. The first-order chi connectivity index (χ1) is 9.29. The van der Waals surface area contributed by atoms with Gasteiger partial charge in [0.05, 0.1) is 10.6 Å². The largest absolute Gasteiger partial charge is 0.280 e. The van der Waals surface area contributed by atoms with Gasteiger partial charge in [-0.2, -0.15) is 0 Å². The van der Waals surface area contributed by atoms with Gasteiger partial charge in [-0.1, -0.05) is 17.7 Å². The molecule has 0 saturated carbocycles. The van der Waals surface area contributed by atoms with Gasteiger partial charge in [-0.05, 0) is 55.3 Å². The highest BCUT2D eigenvalue weighted by Crippen LogP contribution is 2.24. The van der Waals surface area contributed by atoms with Gasteiger partial charge in [0, 0.05) is 5.02 Å². The molecule has 0 fully saturated rings. The molecule has 0 aliphatic rings. The van der Waals surface area contributed by atoms with Gasteiger partial charge < -0.3 is 0 Å². The molecular formula is C14H13ClFNO2S. The molecule has 0 heterocycles. The number of hydrogen-bond donors (Lipinski definition) is 1. The number of anilines is 1. The van der Waals surface area contributed by atoms with E-state index < -0.39 is 15.8 Å². The number of aryl methyl sites for hydroxylation is 2. The summed E-state index contributed by atoms with van der Waals surface area (Å²) >= 11 is 5.96. The third-order valence-electron chi connectivity index (χ3n) is 2.85. The summed E-state index contributed by atoms with van der Waals surface area (Å²) in [6.07, 6.45) is 0. The third kappa shape index (κ3) is 3.11. The van der Waals surface area contributed by atoms with Crippen LogP contribution in [0, 0.1) is 19.7 Å². The molecule has 0 aliphatic carbocycles. The molecule has 3 nitrogen and oxygen atoms in total. The highest BCUT2D eigenvalue weighted by atomic mass is 35.5. The molecule has 0 unspecified atom stereocenters. The summed E-state index contributed by atoms with van der Waals surface area (Å²) in [6, 6.07) is 8.41. The van der Waals surface area contributed by atoms with E-state index in [0.717, 1.165) is 11.6 Å². The van der Waals surface area contributed by atoms with Crippen molar-refractivity contribution in [3.05, 3.63) is 58.4 Å². The first kappa shape index (κ1) is 14.8. The number of hydrogen-bond acceptors (Lipinski definition) is 2. The van der Waals surface area contributed by atoms with E-state index in [9.17, 15) is 12.8 Å². The van der Waals surface area contributed by atoms with Crippen LogP contribution in [0.4, 0.5) is 10.1 Å². The van der Waals surface area contributed by atoms with Gasteiger partial charge in [0.2, 0.25) is 0 Å². The molecule has 0 aliphatic heterocycles. The number of halogens is 2. The van der Waals surface area contributed by atoms with E-state index in [0.29, 0.717) is 16.3 Å². The van der Waals surface area contributed by atoms with Crippen LogP contribution in [0.1, 0.15) is 11.1 Å². The normalized spacial score (nSPS) is 11.4. The second kappa shape index (κ2) is 5.42. The van der Waals surface area contributed by atoms with Gasteiger partial charge in [0.1, 0.15) is 5.82 Å². The van der Waals surface area contributed by atoms with Crippen LogP contribution in [0.3, 0.4) is 0 Å². The second-order valence-electron chi connectivity index (χ2n) is 4.48. The summed E-state index contributed by atoms with van der Waals surface area (Å²) < 4.78 is 40.0. The standard InChI is InChI=1S/C14H13ClFNO2S/c1-9-3-5-12(8-13(9)15)17-20(18,19)14-6-4-11(16)7-10(14)2/h3-8,17H,1-2H3. The molecule has 6 heteroatoms. The van der Waals surface area contributed by atoms with Gasteiger partial charge in [0.15, 0.2) is 0 Å². The fourth-order valence-corrected chi connectivity index (χ4v) is 3.24. The molecule has 0 saturated heterocycles. The van der Waals surface area contributed by atoms with Crippen molar-refractivity contribution in [3.8, 4) is 0 Å². The fraction of sp³-hybridized carbons (Fsp3) is 0.143. The van der Waals surface area contributed by atoms with Crippen LogP contribution in [0.5, 0.6) is 0 Å². The van der Waals surface area contributed by atoms with Crippen LogP contribution in [0.15, 0.2) is 41.3 Å². The molecule has 0 bridgehead atoms. The number of sulfonamides is 1. The minimum Gasteiger partial charge on any atom is -0.280 e. The molecule has 106 valence electrons. The molecule has 2 aromatic rings. The molecule has 0 aromatic heterocycles. The Morgan fingerprint density at radius 2 is 1.75 bits per heavy atom. The maximum Gasteiger partial charge on any atom is 0.262 e. The Morgan fingerprint density at radius 1 is 1.05 bits per heavy atom. The lowest BCUT2D eigenvalue weighted by molar-refractivity contribution is 0.598. The predicted octanol–water partition coefficient (Wildman–Crippen LogP) is 3.90. The van der Waals surface area contributed by atoms with E-state index >= 15 is 0 Å². The Morgan fingerprint density at radius 3 is 2.35 bits per heavy atom. The Kier molecular flexibility index (Phi) is 4.01. The maximum absolute atomic E-state index is 13.0. The van der Waals surface area contributed by atoms with Gasteiger partial charge in [-0.3, -0.25) is 4.72 Å². The Balaban J connectivity index is 2.38. The highest BCUT2D eigenvalue weighted by molar-refractivity contribution is 7.92. The molecule has 2 rings (SSSR count). The van der Waals surface area contributed by atoms with Gasteiger partial charge in [0.25, 0.3) is 10.0 Å². The average molecular weight is 314 g/mol. The SMILES string of the molecule is Cc1ccc(NS(=O)(=O)c2ccc(F)cc2C)cc1Cl. The smallest absolute Gasteiger partial charge is 0.262 e. The van der Waals surface area contributed by atoms with Crippen LogP contribution in [0.2, 0.25) is 5.02 Å². The van der Waals surface area contributed by atoms with E-state index in [1.54, 1.807) is 19.1 Å². The quantitative estimate of drug-likeness (QED) is 0.934. The van der Waals surface area contributed by atoms with Crippen LogP contribution < -0.4 is 4.72 Å². The molecular weight excluding hydrogens is 301 g/mol. The van der Waals surface area contributed by atoms with Crippen molar-refractivity contribution in [2.75, 3.05) is 4.72 Å². The minimum absolute atomic E-state index is 0.0376. The summed E-state index contributed by atoms with van der Waals surface area (Å²) in [4.78, 5) is 0.0376. The van der Waals surface area contributed by atoms with Crippen molar-refractivity contribution >= 4 is 27.3 Å². The van der Waals surface area contributed by atoms with Crippen molar-refractivity contribution in [2.45, 2.75) is 18.7 Å². The van der Waals surface area contributed by atoms with E-state index in [4.69, 9.17) is 11.6 Å². The monoisotopic (exact) mass is 313 g/mol. The number of nitrogens with one attached hydrogen (secondary N) is 1. The molecule has 2 aromatic carbocycles. The lowest BCUT2D eigenvalue weighted by Gasteiger charge is -2.11. The molecule has 0 spiro atoms. The van der Waals surface area contributed by atoms with Crippen LogP contribution >= 0.6 is 11.6 Å². The van der Waals surface area contributed by atoms with Crippen molar-refractivity contribution in [1.82, 2.24) is 0 Å². The number of benzene rings is 2. The lowest BCUT2D eigenvalue weighted by Crippen LogP contribution is -2.14. The van der Waals surface area contributed by atoms with Crippen molar-refractivity contribution in [1.29, 1.82) is 0 Å². The summed E-state index contributed by atoms with van der Waals surface area (Å²) in [6.45, 7) is 3.37. The van der Waals surface area contributed by atoms with Gasteiger partial charge in [-0.15, -0.1) is 0 Å². The predicted molar refractivity (Wildman–Crippen MR) is 78.1 cm³/mol. The van der Waals surface area contributed by atoms with Crippen molar-refractivity contribution in [3.63, 3.8) is 0 Å². The summed E-state index contributed by atoms with van der Waals surface area (Å²) in [5.74, 6) is -0.472. The first-order valence-electron chi connectivity index (χ1n) is 5.85. The van der Waals surface area contributed by atoms with E-state index in [2.05, 4.69) is 4.72 Å². The van der Waals surface area contributed by atoms with Crippen LogP contribution in [-0.2, 0) is 10.0 Å². The van der Waals surface area contributed by atoms with Crippen molar-refractivity contribution < 1.29 is 12.8 Å². The van der Waals surface area contributed by atoms with Crippen LogP contribution in [0.25, 0.3) is 0 Å². The Labute approximate surface area is 122 Å². The van der Waals surface area contributed by atoms with E-state index in [-0.39, 0.29) is 4.90 Å². The van der Waals surface area contributed by atoms with Gasteiger partial charge in [-0.25, -0.2) is 12.8 Å². The molecule has 0 atom stereocenters. The summed E-state index contributed by atoms with van der Waals surface area (Å²) in [5, 5.41) is 0.473. The molecule has 1 N–H and O–H groups in total. The van der Waals surface area contributed by atoms with Crippen LogP contribution in [-0.4, -0.2) is 8.42 Å². The zero-order valence-corrected chi connectivity index (χ0v) is 12.5. The number of rotatable bonds is 3. The molecule has 0 amide bonds. The average Bonchev–Trinajstić information content (AvgIpc) is 2.33. The first-order valence-corrected chi connectivity index (χ1v) is 7.71. The highest BCUT2D eigenvalue weighted by Gasteiger charge is 2.17. The fourth-order valence-electron chi connectivity index (χ4n) is 1.78. The minimum atomic E-state index is -3.77. The zero-order valence-electron chi connectivity index (χ0n) is 10.9. The Bertz CT molecular complexity index is 760. The lowest BCUT2D eigenvalue weighted by atomic mass is 10.2. The topological polar surface area (TPSA) is 46.2 Å². The summed E-state index contributed by atoms with van der Waals surface area (Å²) in [7, 11) is -3.77. The molecule has 20 heavy (non-hydrogen) atoms.